The van der Waals surface area contributed by atoms with Crippen molar-refractivity contribution in [2.75, 3.05) is 18.4 Å². The minimum Gasteiger partial charge on any atom is -0.309 e. The molecule has 1 saturated carbocycles. The van der Waals surface area contributed by atoms with Gasteiger partial charge < -0.3 is 5.32 Å². The zero-order chi connectivity index (χ0) is 16.4. The average Bonchev–Trinajstić information content (AvgIpc) is 3.36. The Labute approximate surface area is 141 Å². The lowest BCUT2D eigenvalue weighted by atomic mass is 9.97. The van der Waals surface area contributed by atoms with Crippen LogP contribution in [0, 0.1) is 5.92 Å². The Morgan fingerprint density at radius 2 is 2.29 bits per heavy atom. The largest absolute Gasteiger partial charge is 0.309 e. The number of nitrogens with zero attached hydrogens (tertiary/aromatic N) is 3. The summed E-state index contributed by atoms with van der Waals surface area (Å²) in [6.07, 6.45) is 8.12. The molecular formula is C18H23N5O. The second-order valence-corrected chi connectivity index (χ2v) is 6.91. The summed E-state index contributed by atoms with van der Waals surface area (Å²) in [5, 5.41) is 10.2. The van der Waals surface area contributed by atoms with Crippen LogP contribution < -0.4 is 5.32 Å². The fourth-order valence-electron chi connectivity index (χ4n) is 3.40. The highest BCUT2D eigenvalue weighted by molar-refractivity contribution is 5.91. The fraction of sp³-hybridized carbons (Fsp3) is 0.500. The highest BCUT2D eigenvalue weighted by Gasteiger charge is 2.28. The first-order chi connectivity index (χ1) is 11.8. The topological polar surface area (TPSA) is 73.9 Å². The number of anilines is 1. The minimum atomic E-state index is 0.0245. The van der Waals surface area contributed by atoms with Gasteiger partial charge in [0.15, 0.2) is 5.82 Å². The molecule has 24 heavy (non-hydrogen) atoms. The molecule has 4 rings (SSSR count). The highest BCUT2D eigenvalue weighted by atomic mass is 16.2. The van der Waals surface area contributed by atoms with Gasteiger partial charge in [-0.05, 0) is 43.9 Å². The molecule has 2 N–H and O–H groups in total. The predicted octanol–water partition coefficient (Wildman–Crippen LogP) is 2.53. The van der Waals surface area contributed by atoms with Gasteiger partial charge in [0.05, 0.1) is 5.92 Å². The molecule has 6 heteroatoms. The van der Waals surface area contributed by atoms with Crippen LogP contribution in [-0.2, 0) is 11.3 Å². The second kappa shape index (κ2) is 6.73. The van der Waals surface area contributed by atoms with Crippen molar-refractivity contribution in [1.29, 1.82) is 0 Å². The summed E-state index contributed by atoms with van der Waals surface area (Å²) >= 11 is 0. The lowest BCUT2D eigenvalue weighted by Gasteiger charge is -2.31. The van der Waals surface area contributed by atoms with Crippen LogP contribution in [0.2, 0.25) is 0 Å². The number of likely N-dealkylation sites (tertiary alicyclic amines) is 1. The van der Waals surface area contributed by atoms with Gasteiger partial charge in [-0.1, -0.05) is 6.07 Å². The first kappa shape index (κ1) is 15.3. The van der Waals surface area contributed by atoms with E-state index in [0.29, 0.717) is 11.7 Å². The fourth-order valence-corrected chi connectivity index (χ4v) is 3.40. The van der Waals surface area contributed by atoms with E-state index in [1.165, 1.54) is 18.4 Å². The Hall–Kier alpha value is -2.21. The molecule has 0 spiro atoms. The number of H-pyrrole nitrogens is 1. The van der Waals surface area contributed by atoms with Crippen molar-refractivity contribution in [2.45, 2.75) is 38.1 Å². The Morgan fingerprint density at radius 1 is 1.38 bits per heavy atom. The molecule has 1 aliphatic carbocycles. The van der Waals surface area contributed by atoms with Gasteiger partial charge in [0.1, 0.15) is 0 Å². The molecule has 2 aromatic rings. The molecule has 0 radical (unpaired) electrons. The number of carbonyl (C=O) groups excluding carboxylic acids is 1. The van der Waals surface area contributed by atoms with Gasteiger partial charge in [0.25, 0.3) is 0 Å². The van der Waals surface area contributed by atoms with Crippen molar-refractivity contribution in [3.8, 4) is 0 Å². The van der Waals surface area contributed by atoms with E-state index < -0.39 is 0 Å². The number of aromatic nitrogens is 3. The van der Waals surface area contributed by atoms with Crippen LogP contribution in [0.25, 0.3) is 0 Å². The van der Waals surface area contributed by atoms with Gasteiger partial charge >= 0.3 is 0 Å². The number of aromatic amines is 1. The number of rotatable bonds is 5. The average molecular weight is 325 g/mol. The summed E-state index contributed by atoms with van der Waals surface area (Å²) in [7, 11) is 0. The summed E-state index contributed by atoms with van der Waals surface area (Å²) in [6, 6.07) is 6.02. The van der Waals surface area contributed by atoms with Crippen molar-refractivity contribution in [3.05, 3.63) is 41.9 Å². The summed E-state index contributed by atoms with van der Waals surface area (Å²) in [4.78, 5) is 19.1. The van der Waals surface area contributed by atoms with Gasteiger partial charge in [-0.2, -0.15) is 5.10 Å². The van der Waals surface area contributed by atoms with Crippen molar-refractivity contribution in [3.63, 3.8) is 0 Å². The van der Waals surface area contributed by atoms with E-state index in [1.54, 1.807) is 6.20 Å². The molecule has 1 saturated heterocycles. The quantitative estimate of drug-likeness (QED) is 0.886. The minimum absolute atomic E-state index is 0.0245. The summed E-state index contributed by atoms with van der Waals surface area (Å²) in [5.41, 5.74) is 2.34. The molecule has 2 fully saturated rings. The van der Waals surface area contributed by atoms with Crippen molar-refractivity contribution < 1.29 is 4.79 Å². The number of piperidine rings is 1. The van der Waals surface area contributed by atoms with E-state index in [1.807, 2.05) is 18.3 Å². The Balaban J connectivity index is 1.33. The summed E-state index contributed by atoms with van der Waals surface area (Å²) in [5.74, 6) is 1.38. The zero-order valence-corrected chi connectivity index (χ0v) is 13.7. The van der Waals surface area contributed by atoms with E-state index in [9.17, 15) is 4.79 Å². The van der Waals surface area contributed by atoms with Crippen molar-refractivity contribution in [2.24, 2.45) is 5.92 Å². The number of amides is 1. The van der Waals surface area contributed by atoms with Gasteiger partial charge in [0, 0.05) is 43.2 Å². The van der Waals surface area contributed by atoms with Gasteiger partial charge in [-0.15, -0.1) is 0 Å². The Morgan fingerprint density at radius 3 is 3.08 bits per heavy atom. The normalized spacial score (nSPS) is 21.6. The van der Waals surface area contributed by atoms with E-state index in [4.69, 9.17) is 0 Å². The van der Waals surface area contributed by atoms with Crippen LogP contribution in [0.4, 0.5) is 5.82 Å². The lowest BCUT2D eigenvalue weighted by Crippen LogP contribution is -2.40. The zero-order valence-electron chi connectivity index (χ0n) is 13.7. The number of nitrogens with one attached hydrogen (secondary N) is 2. The molecule has 1 unspecified atom stereocenters. The molecule has 3 heterocycles. The molecule has 6 nitrogen and oxygen atoms in total. The SMILES string of the molecule is O=C(Nc1cc(C2CC2)[nH]n1)C1CCCN(Cc2cccnc2)C1. The third-order valence-electron chi connectivity index (χ3n) is 4.87. The molecule has 0 aromatic carbocycles. The molecule has 126 valence electrons. The van der Waals surface area contributed by atoms with Gasteiger partial charge in [-0.25, -0.2) is 0 Å². The number of hydrogen-bond acceptors (Lipinski definition) is 4. The van der Waals surface area contributed by atoms with Crippen LogP contribution in [0.15, 0.2) is 30.6 Å². The molecule has 0 bridgehead atoms. The third-order valence-corrected chi connectivity index (χ3v) is 4.87. The van der Waals surface area contributed by atoms with Crippen molar-refractivity contribution >= 4 is 11.7 Å². The molecule has 1 amide bonds. The molecule has 1 aliphatic heterocycles. The maximum Gasteiger partial charge on any atom is 0.229 e. The molecule has 2 aliphatic rings. The number of carbonyl (C=O) groups is 1. The van der Waals surface area contributed by atoms with E-state index in [0.717, 1.165) is 38.2 Å². The third kappa shape index (κ3) is 3.64. The van der Waals surface area contributed by atoms with E-state index in [2.05, 4.69) is 31.5 Å². The lowest BCUT2D eigenvalue weighted by molar-refractivity contribution is -0.121. The maximum absolute atomic E-state index is 12.6. The highest BCUT2D eigenvalue weighted by Crippen LogP contribution is 2.39. The predicted molar refractivity (Wildman–Crippen MR) is 91.4 cm³/mol. The second-order valence-electron chi connectivity index (χ2n) is 6.91. The Kier molecular flexibility index (Phi) is 4.30. The van der Waals surface area contributed by atoms with Crippen LogP contribution in [-0.4, -0.2) is 39.1 Å². The first-order valence-electron chi connectivity index (χ1n) is 8.75. The number of pyridine rings is 1. The van der Waals surface area contributed by atoms with E-state index >= 15 is 0 Å². The van der Waals surface area contributed by atoms with Crippen LogP contribution in [0.1, 0.15) is 42.9 Å². The maximum atomic E-state index is 12.6. The smallest absolute Gasteiger partial charge is 0.229 e. The van der Waals surface area contributed by atoms with E-state index in [-0.39, 0.29) is 11.8 Å². The molecule has 1 atom stereocenters. The Bertz CT molecular complexity index is 694. The first-order valence-corrected chi connectivity index (χ1v) is 8.75. The molecular weight excluding hydrogens is 302 g/mol. The van der Waals surface area contributed by atoms with Gasteiger partial charge in [0.2, 0.25) is 5.91 Å². The summed E-state index contributed by atoms with van der Waals surface area (Å²) < 4.78 is 0. The van der Waals surface area contributed by atoms with Crippen molar-refractivity contribution in [1.82, 2.24) is 20.1 Å². The summed E-state index contributed by atoms with van der Waals surface area (Å²) in [6.45, 7) is 2.68. The van der Waals surface area contributed by atoms with Crippen LogP contribution in [0.3, 0.4) is 0 Å². The molecule has 2 aromatic heterocycles. The monoisotopic (exact) mass is 325 g/mol. The van der Waals surface area contributed by atoms with Crippen LogP contribution >= 0.6 is 0 Å². The standard InChI is InChI=1S/C18H23N5O/c24-18(20-17-9-16(21-22-17)14-5-6-14)15-4-2-8-23(12-15)11-13-3-1-7-19-10-13/h1,3,7,9-10,14-15H,2,4-6,8,11-12H2,(H2,20,21,22,24). The van der Waals surface area contributed by atoms with Gasteiger partial charge in [-0.3, -0.25) is 19.8 Å². The van der Waals surface area contributed by atoms with Crippen LogP contribution in [0.5, 0.6) is 0 Å². The number of hydrogen-bond donors (Lipinski definition) is 2.